The number of primary amides is 1. The summed E-state index contributed by atoms with van der Waals surface area (Å²) in [7, 11) is 0. The molecule has 4 N–H and O–H groups in total. The highest BCUT2D eigenvalue weighted by Crippen LogP contribution is 2.27. The van der Waals surface area contributed by atoms with Crippen molar-refractivity contribution >= 4 is 28.5 Å². The van der Waals surface area contributed by atoms with Gasteiger partial charge in [0.05, 0.1) is 11.6 Å². The zero-order valence-electron chi connectivity index (χ0n) is 12.7. The lowest BCUT2D eigenvalue weighted by atomic mass is 9.89. The van der Waals surface area contributed by atoms with Gasteiger partial charge in [-0.25, -0.2) is 0 Å². The molecule has 1 amide bonds. The summed E-state index contributed by atoms with van der Waals surface area (Å²) < 4.78 is 5.49. The van der Waals surface area contributed by atoms with Crippen LogP contribution < -0.4 is 16.7 Å². The minimum absolute atomic E-state index is 0.178. The molecule has 2 aromatic heterocycles. The third kappa shape index (κ3) is 2.74. The van der Waals surface area contributed by atoms with Crippen molar-refractivity contribution in [3.05, 3.63) is 66.9 Å². The van der Waals surface area contributed by atoms with Gasteiger partial charge in [0.25, 0.3) is 5.56 Å². The summed E-state index contributed by atoms with van der Waals surface area (Å²) in [6, 6.07) is 4.68. The Balaban J connectivity index is 2.27. The van der Waals surface area contributed by atoms with E-state index in [0.717, 1.165) is 0 Å². The zero-order chi connectivity index (χ0) is 17.4. The van der Waals surface area contributed by atoms with Gasteiger partial charge in [0.1, 0.15) is 5.58 Å². The van der Waals surface area contributed by atoms with E-state index < -0.39 is 17.4 Å². The van der Waals surface area contributed by atoms with Crippen LogP contribution in [0, 0.1) is 6.92 Å². The highest BCUT2D eigenvalue weighted by Gasteiger charge is 2.26. The van der Waals surface area contributed by atoms with Crippen molar-refractivity contribution in [3.8, 4) is 0 Å². The molecule has 0 unspecified atom stereocenters. The van der Waals surface area contributed by atoms with Crippen molar-refractivity contribution in [3.63, 3.8) is 0 Å². The Kier molecular flexibility index (Phi) is 4.02. The lowest BCUT2D eigenvalue weighted by Gasteiger charge is -2.14. The van der Waals surface area contributed by atoms with E-state index in [9.17, 15) is 14.4 Å². The quantitative estimate of drug-likeness (QED) is 0.665. The molecule has 0 aliphatic heterocycles. The fourth-order valence-electron chi connectivity index (χ4n) is 2.80. The van der Waals surface area contributed by atoms with E-state index in [1.54, 1.807) is 19.1 Å². The van der Waals surface area contributed by atoms with E-state index in [1.165, 1.54) is 12.3 Å². The maximum absolute atomic E-state index is 12.8. The molecule has 0 bridgehead atoms. The Morgan fingerprint density at radius 1 is 1.33 bits per heavy atom. The topological polar surface area (TPSA) is 122 Å². The molecule has 3 aromatic rings. The van der Waals surface area contributed by atoms with Crippen LogP contribution in [0.25, 0.3) is 11.0 Å². The normalized spacial score (nSPS) is 12.4. The Morgan fingerprint density at radius 3 is 2.71 bits per heavy atom. The van der Waals surface area contributed by atoms with Crippen LogP contribution >= 0.6 is 11.6 Å². The molecule has 0 aliphatic rings. The third-order valence-corrected chi connectivity index (χ3v) is 4.14. The van der Waals surface area contributed by atoms with Crippen LogP contribution in [0.4, 0.5) is 0 Å². The first-order valence-corrected chi connectivity index (χ1v) is 7.52. The van der Waals surface area contributed by atoms with E-state index >= 15 is 0 Å². The standard InChI is InChI=1S/C16H14ClN3O4/c1-7-14(16(23)20-19-7)9(5-13(18)21)11-6-24-12-3-2-8(17)4-10(12)15(11)22/h2-4,6,9H,5H2,1H3,(H2,18,21)(H2,19,20,23)/t9-/m1/s1. The first-order valence-electron chi connectivity index (χ1n) is 7.15. The molecular weight excluding hydrogens is 334 g/mol. The molecule has 124 valence electrons. The molecule has 2 heterocycles. The molecule has 3 rings (SSSR count). The summed E-state index contributed by atoms with van der Waals surface area (Å²) in [6.45, 7) is 1.67. The number of aromatic nitrogens is 2. The van der Waals surface area contributed by atoms with Crippen LogP contribution in [0.3, 0.4) is 0 Å². The number of aryl methyl sites for hydroxylation is 1. The minimum atomic E-state index is -0.808. The maximum Gasteiger partial charge on any atom is 0.267 e. The molecule has 0 saturated carbocycles. The minimum Gasteiger partial charge on any atom is -0.464 e. The summed E-state index contributed by atoms with van der Waals surface area (Å²) in [6.07, 6.45) is 1.07. The monoisotopic (exact) mass is 347 g/mol. The second-order valence-electron chi connectivity index (χ2n) is 5.50. The van der Waals surface area contributed by atoms with Crippen LogP contribution in [0.1, 0.15) is 29.2 Å². The molecular formula is C16H14ClN3O4. The van der Waals surface area contributed by atoms with Crippen molar-refractivity contribution in [2.45, 2.75) is 19.3 Å². The van der Waals surface area contributed by atoms with Crippen molar-refractivity contribution in [1.82, 2.24) is 10.2 Å². The van der Waals surface area contributed by atoms with E-state index in [1.807, 2.05) is 0 Å². The lowest BCUT2D eigenvalue weighted by molar-refractivity contribution is -0.118. The number of benzene rings is 1. The number of carbonyl (C=O) groups is 1. The van der Waals surface area contributed by atoms with Crippen molar-refractivity contribution in [1.29, 1.82) is 0 Å². The second-order valence-corrected chi connectivity index (χ2v) is 5.94. The zero-order valence-corrected chi connectivity index (χ0v) is 13.4. The number of fused-ring (bicyclic) bond motifs is 1. The van der Waals surface area contributed by atoms with Gasteiger partial charge in [-0.05, 0) is 25.1 Å². The first-order chi connectivity index (χ1) is 11.4. The van der Waals surface area contributed by atoms with Gasteiger partial charge in [-0.3, -0.25) is 19.5 Å². The van der Waals surface area contributed by atoms with E-state index in [-0.39, 0.29) is 28.4 Å². The number of halogens is 1. The summed E-state index contributed by atoms with van der Waals surface area (Å²) >= 11 is 5.94. The largest absolute Gasteiger partial charge is 0.464 e. The second kappa shape index (κ2) is 6.01. The fourth-order valence-corrected chi connectivity index (χ4v) is 2.97. The predicted molar refractivity (Wildman–Crippen MR) is 89.3 cm³/mol. The van der Waals surface area contributed by atoms with Crippen molar-refractivity contribution < 1.29 is 9.21 Å². The number of hydrogen-bond donors (Lipinski definition) is 3. The van der Waals surface area contributed by atoms with E-state index in [0.29, 0.717) is 16.3 Å². The SMILES string of the molecule is Cc1[nH][nH]c(=O)c1[C@H](CC(N)=O)c1coc2ccc(Cl)cc2c1=O. The molecule has 0 saturated heterocycles. The van der Waals surface area contributed by atoms with Crippen LogP contribution in [0.15, 0.2) is 38.5 Å². The molecule has 7 nitrogen and oxygen atoms in total. The number of hydrogen-bond acceptors (Lipinski definition) is 4. The number of amides is 1. The summed E-state index contributed by atoms with van der Waals surface area (Å²) in [5.41, 5.74) is 5.89. The van der Waals surface area contributed by atoms with Crippen molar-refractivity contribution in [2.24, 2.45) is 5.73 Å². The summed E-state index contributed by atoms with van der Waals surface area (Å²) in [4.78, 5) is 36.4. The highest BCUT2D eigenvalue weighted by atomic mass is 35.5. The van der Waals surface area contributed by atoms with Gasteiger partial charge in [0.15, 0.2) is 5.43 Å². The summed E-state index contributed by atoms with van der Waals surface area (Å²) in [5, 5.41) is 5.78. The van der Waals surface area contributed by atoms with Gasteiger partial charge in [-0.1, -0.05) is 11.6 Å². The van der Waals surface area contributed by atoms with Gasteiger partial charge < -0.3 is 15.2 Å². The van der Waals surface area contributed by atoms with Crippen LogP contribution in [0.5, 0.6) is 0 Å². The molecule has 8 heteroatoms. The molecule has 1 aromatic carbocycles. The number of aromatic amines is 2. The lowest BCUT2D eigenvalue weighted by Crippen LogP contribution is -2.24. The molecule has 24 heavy (non-hydrogen) atoms. The molecule has 0 spiro atoms. The third-order valence-electron chi connectivity index (χ3n) is 3.90. The molecule has 0 fully saturated rings. The smallest absolute Gasteiger partial charge is 0.267 e. The number of carbonyl (C=O) groups excluding carboxylic acids is 1. The number of H-pyrrole nitrogens is 2. The number of nitrogens with two attached hydrogens (primary N) is 1. The molecule has 1 atom stereocenters. The maximum atomic E-state index is 12.8. The van der Waals surface area contributed by atoms with Gasteiger partial charge in [0, 0.05) is 34.2 Å². The molecule has 0 radical (unpaired) electrons. The first kappa shape index (κ1) is 16.1. The van der Waals surface area contributed by atoms with Gasteiger partial charge in [-0.2, -0.15) is 0 Å². The Hall–Kier alpha value is -2.80. The van der Waals surface area contributed by atoms with E-state index in [2.05, 4.69) is 10.2 Å². The Bertz CT molecular complexity index is 1050. The Morgan fingerprint density at radius 2 is 2.08 bits per heavy atom. The van der Waals surface area contributed by atoms with E-state index in [4.69, 9.17) is 21.8 Å². The summed E-state index contributed by atoms with van der Waals surface area (Å²) in [5.74, 6) is -1.44. The molecule has 0 aliphatic carbocycles. The van der Waals surface area contributed by atoms with Crippen molar-refractivity contribution in [2.75, 3.05) is 0 Å². The van der Waals surface area contributed by atoms with Gasteiger partial charge in [-0.15, -0.1) is 0 Å². The average molecular weight is 348 g/mol. The fraction of sp³-hybridized carbons (Fsp3) is 0.188. The predicted octanol–water partition coefficient (Wildman–Crippen LogP) is 1.78. The van der Waals surface area contributed by atoms with Crippen LogP contribution in [0.2, 0.25) is 5.02 Å². The Labute approximate surface area is 140 Å². The number of nitrogens with one attached hydrogen (secondary N) is 2. The number of rotatable bonds is 4. The van der Waals surface area contributed by atoms with Gasteiger partial charge >= 0.3 is 0 Å². The van der Waals surface area contributed by atoms with Crippen LogP contribution in [-0.4, -0.2) is 16.1 Å². The average Bonchev–Trinajstić information content (AvgIpc) is 2.85. The van der Waals surface area contributed by atoms with Gasteiger partial charge in [0.2, 0.25) is 5.91 Å². The van der Waals surface area contributed by atoms with Crippen LogP contribution in [-0.2, 0) is 4.79 Å². The highest BCUT2D eigenvalue weighted by molar-refractivity contribution is 6.31.